The molecule has 0 bridgehead atoms. The minimum Gasteiger partial charge on any atom is -0.481 e. The van der Waals surface area contributed by atoms with Crippen molar-refractivity contribution >= 4 is 12.0 Å². The zero-order chi connectivity index (χ0) is 13.3. The molecule has 0 aromatic heterocycles. The predicted molar refractivity (Wildman–Crippen MR) is 65.5 cm³/mol. The number of rotatable bonds is 7. The summed E-state index contributed by atoms with van der Waals surface area (Å²) in [6.07, 6.45) is 6.89. The highest BCUT2D eigenvalue weighted by Crippen LogP contribution is 1.99. The molecule has 2 atom stereocenters. The van der Waals surface area contributed by atoms with Crippen LogP contribution in [0.4, 0.5) is 4.79 Å². The Morgan fingerprint density at radius 1 is 1.24 bits per heavy atom. The van der Waals surface area contributed by atoms with Gasteiger partial charge in [0, 0.05) is 18.5 Å². The molecule has 0 saturated heterocycles. The Labute approximate surface area is 102 Å². The van der Waals surface area contributed by atoms with Crippen LogP contribution in [0.5, 0.6) is 0 Å². The lowest BCUT2D eigenvalue weighted by Gasteiger charge is -2.19. The lowest BCUT2D eigenvalue weighted by atomic mass is 10.1. The van der Waals surface area contributed by atoms with Gasteiger partial charge in [0.1, 0.15) is 0 Å². The number of carboxylic acids is 1. The highest BCUT2D eigenvalue weighted by Gasteiger charge is 2.15. The third-order valence-electron chi connectivity index (χ3n) is 2.44. The maximum Gasteiger partial charge on any atom is 0.315 e. The number of carbonyl (C=O) groups is 2. The van der Waals surface area contributed by atoms with Gasteiger partial charge in [0.2, 0.25) is 0 Å². The van der Waals surface area contributed by atoms with Crippen molar-refractivity contribution in [2.24, 2.45) is 0 Å². The van der Waals surface area contributed by atoms with Gasteiger partial charge in [-0.3, -0.25) is 4.79 Å². The smallest absolute Gasteiger partial charge is 0.315 e. The van der Waals surface area contributed by atoms with Crippen LogP contribution in [0, 0.1) is 12.3 Å². The van der Waals surface area contributed by atoms with E-state index in [1.165, 1.54) is 0 Å². The van der Waals surface area contributed by atoms with Crippen molar-refractivity contribution in [2.45, 2.75) is 51.6 Å². The molecule has 0 aliphatic heterocycles. The number of terminal acetylenes is 1. The number of aliphatic carboxylic acids is 1. The summed E-state index contributed by atoms with van der Waals surface area (Å²) in [6.45, 7) is 3.75. The Morgan fingerprint density at radius 3 is 2.18 bits per heavy atom. The third-order valence-corrected chi connectivity index (χ3v) is 2.44. The van der Waals surface area contributed by atoms with E-state index in [1.807, 2.05) is 13.8 Å². The van der Waals surface area contributed by atoms with Crippen LogP contribution < -0.4 is 10.6 Å². The molecule has 0 spiro atoms. The molecular weight excluding hydrogens is 220 g/mol. The second-order valence-electron chi connectivity index (χ2n) is 3.83. The predicted octanol–water partition coefficient (Wildman–Crippen LogP) is 1.34. The summed E-state index contributed by atoms with van der Waals surface area (Å²) in [6, 6.07) is -0.779. The number of amides is 2. The van der Waals surface area contributed by atoms with Gasteiger partial charge in [-0.1, -0.05) is 13.8 Å². The van der Waals surface area contributed by atoms with E-state index < -0.39 is 5.97 Å². The molecule has 2 amide bonds. The zero-order valence-corrected chi connectivity index (χ0v) is 10.3. The minimum absolute atomic E-state index is 0.0673. The molecule has 5 heteroatoms. The first kappa shape index (κ1) is 15.3. The Bertz CT molecular complexity index is 297. The molecule has 0 aliphatic carbocycles. The zero-order valence-electron chi connectivity index (χ0n) is 10.3. The molecule has 0 rings (SSSR count). The summed E-state index contributed by atoms with van der Waals surface area (Å²) in [4.78, 5) is 22.1. The molecule has 3 N–H and O–H groups in total. The van der Waals surface area contributed by atoms with Gasteiger partial charge >= 0.3 is 12.0 Å². The van der Waals surface area contributed by atoms with Crippen LogP contribution in [0.3, 0.4) is 0 Å². The van der Waals surface area contributed by atoms with Crippen molar-refractivity contribution < 1.29 is 14.7 Å². The van der Waals surface area contributed by atoms with Crippen molar-refractivity contribution in [3.63, 3.8) is 0 Å². The summed E-state index contributed by atoms with van der Waals surface area (Å²) >= 11 is 0. The average molecular weight is 240 g/mol. The maximum absolute atomic E-state index is 11.6. The van der Waals surface area contributed by atoms with E-state index in [1.54, 1.807) is 0 Å². The van der Waals surface area contributed by atoms with E-state index in [4.69, 9.17) is 11.5 Å². The minimum atomic E-state index is -0.923. The molecule has 0 fully saturated rings. The summed E-state index contributed by atoms with van der Waals surface area (Å²) in [7, 11) is 0. The summed E-state index contributed by atoms with van der Waals surface area (Å²) in [5, 5.41) is 14.0. The molecule has 0 aromatic carbocycles. The van der Waals surface area contributed by atoms with Gasteiger partial charge in [-0.15, -0.1) is 12.3 Å². The Morgan fingerprint density at radius 2 is 1.76 bits per heavy atom. The lowest BCUT2D eigenvalue weighted by Crippen LogP contribution is -2.46. The Kier molecular flexibility index (Phi) is 7.61. The Hall–Kier alpha value is -1.70. The van der Waals surface area contributed by atoms with Crippen LogP contribution >= 0.6 is 0 Å². The first-order chi connectivity index (χ1) is 8.03. The second-order valence-corrected chi connectivity index (χ2v) is 3.83. The van der Waals surface area contributed by atoms with Crippen molar-refractivity contribution in [3.8, 4) is 12.3 Å². The van der Waals surface area contributed by atoms with Crippen LogP contribution in [0.25, 0.3) is 0 Å². The van der Waals surface area contributed by atoms with Crippen molar-refractivity contribution in [1.29, 1.82) is 0 Å². The second kappa shape index (κ2) is 8.45. The first-order valence-corrected chi connectivity index (χ1v) is 5.75. The number of hydrogen-bond acceptors (Lipinski definition) is 2. The van der Waals surface area contributed by atoms with Gasteiger partial charge < -0.3 is 15.7 Å². The number of hydrogen-bond donors (Lipinski definition) is 3. The van der Waals surface area contributed by atoms with E-state index in [2.05, 4.69) is 16.6 Å². The molecular formula is C12H20N2O3. The van der Waals surface area contributed by atoms with Gasteiger partial charge in [-0.2, -0.15) is 0 Å². The normalized spacial score (nSPS) is 13.2. The van der Waals surface area contributed by atoms with Crippen LogP contribution in [0.2, 0.25) is 0 Å². The molecule has 5 nitrogen and oxygen atoms in total. The van der Waals surface area contributed by atoms with Gasteiger partial charge in [-0.05, 0) is 12.8 Å². The maximum atomic E-state index is 11.6. The fourth-order valence-corrected chi connectivity index (χ4v) is 1.36. The highest BCUT2D eigenvalue weighted by molar-refractivity contribution is 5.76. The molecule has 0 aliphatic rings. The van der Waals surface area contributed by atoms with Crippen LogP contribution in [-0.4, -0.2) is 29.2 Å². The van der Waals surface area contributed by atoms with Gasteiger partial charge in [0.05, 0.1) is 6.42 Å². The SMILES string of the molecule is C#CCC(CC)NC(=O)NC(CC)CC(=O)O. The standard InChI is InChI=1S/C12H20N2O3/c1-4-7-9(5-2)13-12(17)14-10(6-3)8-11(15)16/h1,9-10H,5-8H2,2-3H3,(H,15,16)(H2,13,14,17). The van der Waals surface area contributed by atoms with Gasteiger partial charge in [0.15, 0.2) is 0 Å². The van der Waals surface area contributed by atoms with Crippen molar-refractivity contribution in [2.75, 3.05) is 0 Å². The van der Waals surface area contributed by atoms with E-state index in [9.17, 15) is 9.59 Å². The van der Waals surface area contributed by atoms with Gasteiger partial charge in [-0.25, -0.2) is 4.79 Å². The molecule has 0 radical (unpaired) electrons. The van der Waals surface area contributed by atoms with E-state index in [-0.39, 0.29) is 24.5 Å². The highest BCUT2D eigenvalue weighted by atomic mass is 16.4. The largest absolute Gasteiger partial charge is 0.481 e. The first-order valence-electron chi connectivity index (χ1n) is 5.75. The van der Waals surface area contributed by atoms with E-state index in [0.29, 0.717) is 12.8 Å². The number of nitrogens with one attached hydrogen (secondary N) is 2. The van der Waals surface area contributed by atoms with Crippen molar-refractivity contribution in [3.05, 3.63) is 0 Å². The summed E-state index contributed by atoms with van der Waals surface area (Å²) < 4.78 is 0. The van der Waals surface area contributed by atoms with Gasteiger partial charge in [0.25, 0.3) is 0 Å². The summed E-state index contributed by atoms with van der Waals surface area (Å²) in [5.41, 5.74) is 0. The Balaban J connectivity index is 4.13. The summed E-state index contributed by atoms with van der Waals surface area (Å²) in [5.74, 6) is 1.56. The molecule has 0 aromatic rings. The number of urea groups is 1. The molecule has 96 valence electrons. The molecule has 17 heavy (non-hydrogen) atoms. The fourth-order valence-electron chi connectivity index (χ4n) is 1.36. The topological polar surface area (TPSA) is 78.4 Å². The fraction of sp³-hybridized carbons (Fsp3) is 0.667. The molecule has 0 saturated carbocycles. The number of carboxylic acid groups (broad SMARTS) is 1. The average Bonchev–Trinajstić information content (AvgIpc) is 2.26. The van der Waals surface area contributed by atoms with Crippen LogP contribution in [-0.2, 0) is 4.79 Å². The van der Waals surface area contributed by atoms with Crippen molar-refractivity contribution in [1.82, 2.24) is 10.6 Å². The van der Waals surface area contributed by atoms with Crippen LogP contribution in [0.15, 0.2) is 0 Å². The van der Waals surface area contributed by atoms with E-state index >= 15 is 0 Å². The van der Waals surface area contributed by atoms with Crippen LogP contribution in [0.1, 0.15) is 39.5 Å². The van der Waals surface area contributed by atoms with E-state index in [0.717, 1.165) is 6.42 Å². The lowest BCUT2D eigenvalue weighted by molar-refractivity contribution is -0.137. The number of carbonyl (C=O) groups excluding carboxylic acids is 1. The monoisotopic (exact) mass is 240 g/mol. The quantitative estimate of drug-likeness (QED) is 0.588. The third kappa shape index (κ3) is 7.23. The molecule has 0 heterocycles. The molecule has 2 unspecified atom stereocenters.